The van der Waals surface area contributed by atoms with E-state index in [-0.39, 0.29) is 11.9 Å². The molecule has 0 aromatic heterocycles. The Kier molecular flexibility index (Phi) is 8.09. The summed E-state index contributed by atoms with van der Waals surface area (Å²) in [5.41, 5.74) is 5.48. The van der Waals surface area contributed by atoms with Gasteiger partial charge in [0.25, 0.3) is 5.91 Å². The first kappa shape index (κ1) is 24.8. The number of hydrogen-bond acceptors (Lipinski definition) is 4. The first-order valence-electron chi connectivity index (χ1n) is 12.7. The van der Waals surface area contributed by atoms with Crippen LogP contribution in [0.5, 0.6) is 5.75 Å². The molecule has 0 spiro atoms. The summed E-state index contributed by atoms with van der Waals surface area (Å²) in [7, 11) is 0. The molecule has 4 rings (SSSR count). The fourth-order valence-electron chi connectivity index (χ4n) is 4.98. The van der Waals surface area contributed by atoms with E-state index in [4.69, 9.17) is 0 Å². The summed E-state index contributed by atoms with van der Waals surface area (Å²) in [5, 5.41) is 13.8. The summed E-state index contributed by atoms with van der Waals surface area (Å²) in [4.78, 5) is 17.0. The van der Waals surface area contributed by atoms with E-state index < -0.39 is 0 Å². The number of anilines is 1. The first-order valence-corrected chi connectivity index (χ1v) is 12.7. The number of amides is 1. The number of likely N-dealkylation sites (tertiary alicyclic amines) is 1. The number of nitrogens with one attached hydrogen (secondary N) is 1. The molecule has 1 fully saturated rings. The predicted molar refractivity (Wildman–Crippen MR) is 143 cm³/mol. The number of carbonyl (C=O) groups is 1. The van der Waals surface area contributed by atoms with Gasteiger partial charge in [-0.3, -0.25) is 9.69 Å². The second kappa shape index (κ2) is 11.4. The van der Waals surface area contributed by atoms with Gasteiger partial charge in [-0.05, 0) is 81.1 Å². The highest BCUT2D eigenvalue weighted by atomic mass is 16.3. The molecule has 184 valence electrons. The minimum Gasteiger partial charge on any atom is -0.508 e. The van der Waals surface area contributed by atoms with Crippen molar-refractivity contribution in [3.8, 4) is 5.75 Å². The SMILES string of the molecule is CCN(CC)C(=O)c1ccc(NC2CCN(Cc3ccc(C)cc3)C(c3cccc(O)c3)C2)cc1. The highest BCUT2D eigenvalue weighted by Gasteiger charge is 2.30. The first-order chi connectivity index (χ1) is 17.0. The number of carbonyl (C=O) groups excluding carboxylic acids is 1. The van der Waals surface area contributed by atoms with Crippen molar-refractivity contribution in [2.75, 3.05) is 25.0 Å². The summed E-state index contributed by atoms with van der Waals surface area (Å²) in [6.45, 7) is 9.40. The van der Waals surface area contributed by atoms with E-state index >= 15 is 0 Å². The third kappa shape index (κ3) is 6.23. The summed E-state index contributed by atoms with van der Waals surface area (Å²) in [5.74, 6) is 0.385. The van der Waals surface area contributed by atoms with Gasteiger partial charge in [0.1, 0.15) is 5.75 Å². The van der Waals surface area contributed by atoms with Gasteiger partial charge >= 0.3 is 0 Å². The maximum absolute atomic E-state index is 12.6. The van der Waals surface area contributed by atoms with Gasteiger partial charge in [0, 0.05) is 49.5 Å². The van der Waals surface area contributed by atoms with Gasteiger partial charge in [0.05, 0.1) is 0 Å². The van der Waals surface area contributed by atoms with Crippen LogP contribution in [0.3, 0.4) is 0 Å². The fraction of sp³-hybridized carbons (Fsp3) is 0.367. The smallest absolute Gasteiger partial charge is 0.253 e. The lowest BCUT2D eigenvalue weighted by Crippen LogP contribution is -2.41. The van der Waals surface area contributed by atoms with E-state index in [0.29, 0.717) is 24.9 Å². The van der Waals surface area contributed by atoms with Crippen LogP contribution in [0.25, 0.3) is 0 Å². The van der Waals surface area contributed by atoms with E-state index in [2.05, 4.69) is 47.5 Å². The molecule has 2 N–H and O–H groups in total. The molecule has 3 aromatic carbocycles. The summed E-state index contributed by atoms with van der Waals surface area (Å²) < 4.78 is 0. The molecule has 2 atom stereocenters. The Morgan fingerprint density at radius 3 is 2.40 bits per heavy atom. The quantitative estimate of drug-likeness (QED) is 0.423. The molecule has 0 aliphatic carbocycles. The van der Waals surface area contributed by atoms with E-state index in [1.165, 1.54) is 11.1 Å². The van der Waals surface area contributed by atoms with E-state index in [0.717, 1.165) is 42.7 Å². The Labute approximate surface area is 209 Å². The van der Waals surface area contributed by atoms with Crippen LogP contribution in [-0.4, -0.2) is 46.5 Å². The number of phenols is 1. The molecule has 1 aliphatic heterocycles. The zero-order valence-corrected chi connectivity index (χ0v) is 21.1. The van der Waals surface area contributed by atoms with Crippen molar-refractivity contribution < 1.29 is 9.90 Å². The number of piperidine rings is 1. The van der Waals surface area contributed by atoms with Crippen molar-refractivity contribution >= 4 is 11.6 Å². The van der Waals surface area contributed by atoms with Crippen LogP contribution in [0.2, 0.25) is 0 Å². The summed E-state index contributed by atoms with van der Waals surface area (Å²) >= 11 is 0. The molecule has 1 amide bonds. The molecule has 5 nitrogen and oxygen atoms in total. The highest BCUT2D eigenvalue weighted by Crippen LogP contribution is 2.35. The molecule has 0 saturated carbocycles. The molecule has 5 heteroatoms. The van der Waals surface area contributed by atoms with Gasteiger partial charge in [-0.15, -0.1) is 0 Å². The van der Waals surface area contributed by atoms with E-state index in [9.17, 15) is 9.90 Å². The Morgan fingerprint density at radius 2 is 1.74 bits per heavy atom. The van der Waals surface area contributed by atoms with Crippen LogP contribution in [0, 0.1) is 6.92 Å². The van der Waals surface area contributed by atoms with Crippen LogP contribution in [0.1, 0.15) is 59.8 Å². The number of nitrogens with zero attached hydrogens (tertiary/aromatic N) is 2. The lowest BCUT2D eigenvalue weighted by molar-refractivity contribution is 0.0773. The normalized spacial score (nSPS) is 18.3. The Bertz CT molecular complexity index is 1110. The minimum atomic E-state index is 0.0786. The fourth-order valence-corrected chi connectivity index (χ4v) is 4.98. The largest absolute Gasteiger partial charge is 0.508 e. The number of rotatable bonds is 8. The second-order valence-electron chi connectivity index (χ2n) is 9.49. The van der Waals surface area contributed by atoms with Crippen molar-refractivity contribution in [3.05, 3.63) is 95.1 Å². The molecule has 1 heterocycles. The maximum Gasteiger partial charge on any atom is 0.253 e. The molecular weight excluding hydrogens is 434 g/mol. The second-order valence-corrected chi connectivity index (χ2v) is 9.49. The van der Waals surface area contributed by atoms with Gasteiger partial charge in [-0.2, -0.15) is 0 Å². The summed E-state index contributed by atoms with van der Waals surface area (Å²) in [6.07, 6.45) is 1.97. The number of benzene rings is 3. The number of phenolic OH excluding ortho intramolecular Hbond substituents is 1. The summed E-state index contributed by atoms with van der Waals surface area (Å²) in [6, 6.07) is 24.8. The molecule has 3 aromatic rings. The molecule has 1 saturated heterocycles. The van der Waals surface area contributed by atoms with Crippen LogP contribution in [-0.2, 0) is 6.54 Å². The highest BCUT2D eigenvalue weighted by molar-refractivity contribution is 5.94. The minimum absolute atomic E-state index is 0.0786. The molecule has 2 unspecified atom stereocenters. The standard InChI is InChI=1S/C30H37N3O2/c1-4-32(5-2)30(35)24-13-15-26(16-14-24)31-27-17-18-33(21-23-11-9-22(3)10-12-23)29(20-27)25-7-6-8-28(34)19-25/h6-16,19,27,29,31,34H,4-5,17-18,20-21H2,1-3H3. The number of aromatic hydroxyl groups is 1. The van der Waals surface area contributed by atoms with E-state index in [1.807, 2.05) is 55.1 Å². The Morgan fingerprint density at radius 1 is 1.03 bits per heavy atom. The van der Waals surface area contributed by atoms with Crippen molar-refractivity contribution in [2.24, 2.45) is 0 Å². The van der Waals surface area contributed by atoms with Crippen molar-refractivity contribution in [2.45, 2.75) is 52.2 Å². The maximum atomic E-state index is 12.6. The van der Waals surface area contributed by atoms with Gasteiger partial charge < -0.3 is 15.3 Å². The molecule has 0 radical (unpaired) electrons. The molecule has 0 bridgehead atoms. The lowest BCUT2D eigenvalue weighted by atomic mass is 9.90. The third-order valence-electron chi connectivity index (χ3n) is 7.03. The van der Waals surface area contributed by atoms with Crippen LogP contribution < -0.4 is 5.32 Å². The number of hydrogen-bond donors (Lipinski definition) is 2. The van der Waals surface area contributed by atoms with Crippen molar-refractivity contribution in [1.29, 1.82) is 0 Å². The third-order valence-corrected chi connectivity index (χ3v) is 7.03. The van der Waals surface area contributed by atoms with Crippen LogP contribution in [0.15, 0.2) is 72.8 Å². The van der Waals surface area contributed by atoms with Crippen LogP contribution >= 0.6 is 0 Å². The number of aryl methyl sites for hydroxylation is 1. The Hall–Kier alpha value is -3.31. The Balaban J connectivity index is 1.47. The molecule has 35 heavy (non-hydrogen) atoms. The predicted octanol–water partition coefficient (Wildman–Crippen LogP) is 6.00. The topological polar surface area (TPSA) is 55.8 Å². The zero-order chi connectivity index (χ0) is 24.8. The average Bonchev–Trinajstić information content (AvgIpc) is 2.87. The van der Waals surface area contributed by atoms with Crippen LogP contribution in [0.4, 0.5) is 5.69 Å². The van der Waals surface area contributed by atoms with Crippen molar-refractivity contribution in [3.63, 3.8) is 0 Å². The van der Waals surface area contributed by atoms with Gasteiger partial charge in [-0.25, -0.2) is 0 Å². The molecular formula is C30H37N3O2. The monoisotopic (exact) mass is 471 g/mol. The zero-order valence-electron chi connectivity index (χ0n) is 21.1. The van der Waals surface area contributed by atoms with Gasteiger partial charge in [0.15, 0.2) is 0 Å². The van der Waals surface area contributed by atoms with Gasteiger partial charge in [0.2, 0.25) is 0 Å². The lowest BCUT2D eigenvalue weighted by Gasteiger charge is -2.40. The molecule has 1 aliphatic rings. The van der Waals surface area contributed by atoms with E-state index in [1.54, 1.807) is 6.07 Å². The van der Waals surface area contributed by atoms with Gasteiger partial charge in [-0.1, -0.05) is 42.0 Å². The average molecular weight is 472 g/mol. The van der Waals surface area contributed by atoms with Crippen molar-refractivity contribution in [1.82, 2.24) is 9.80 Å².